The van der Waals surface area contributed by atoms with Crippen molar-refractivity contribution in [3.63, 3.8) is 0 Å². The summed E-state index contributed by atoms with van der Waals surface area (Å²) >= 11 is 0. The van der Waals surface area contributed by atoms with Gasteiger partial charge in [0.1, 0.15) is 5.82 Å². The van der Waals surface area contributed by atoms with Gasteiger partial charge in [0.15, 0.2) is 11.4 Å². The lowest BCUT2D eigenvalue weighted by molar-refractivity contribution is 0.254. The third-order valence-electron chi connectivity index (χ3n) is 5.24. The molecule has 1 aliphatic rings. The van der Waals surface area contributed by atoms with Gasteiger partial charge in [-0.3, -0.25) is 9.88 Å². The molecule has 0 bridgehead atoms. The summed E-state index contributed by atoms with van der Waals surface area (Å²) in [5.41, 5.74) is 8.01. The maximum atomic E-state index is 6.10. The molecule has 148 valence electrons. The van der Waals surface area contributed by atoms with Gasteiger partial charge in [-0.25, -0.2) is 4.98 Å². The van der Waals surface area contributed by atoms with Gasteiger partial charge in [-0.1, -0.05) is 0 Å². The van der Waals surface area contributed by atoms with Crippen LogP contribution in [0.15, 0.2) is 53.4 Å². The molecule has 5 heterocycles. The first kappa shape index (κ1) is 17.6. The zero-order valence-corrected chi connectivity index (χ0v) is 15.9. The summed E-state index contributed by atoms with van der Waals surface area (Å²) in [5.74, 6) is 2.07. The summed E-state index contributed by atoms with van der Waals surface area (Å²) in [6.45, 7) is 2.83. The van der Waals surface area contributed by atoms with E-state index in [1.54, 1.807) is 12.3 Å². The van der Waals surface area contributed by atoms with Crippen molar-refractivity contribution in [2.75, 3.05) is 24.1 Å². The molecular formula is C20H22N8O. The normalized spacial score (nSPS) is 17.2. The second kappa shape index (κ2) is 7.51. The number of hydrogen-bond acceptors (Lipinski definition) is 8. The van der Waals surface area contributed by atoms with Gasteiger partial charge >= 0.3 is 0 Å². The fourth-order valence-corrected chi connectivity index (χ4v) is 3.79. The highest BCUT2D eigenvalue weighted by atomic mass is 16.3. The summed E-state index contributed by atoms with van der Waals surface area (Å²) in [4.78, 5) is 15.5. The number of nitrogens with two attached hydrogens (primary N) is 1. The smallest absolute Gasteiger partial charge is 0.225 e. The molecular weight excluding hydrogens is 368 g/mol. The molecule has 5 rings (SSSR count). The van der Waals surface area contributed by atoms with Crippen LogP contribution in [0.5, 0.6) is 0 Å². The number of pyridine rings is 1. The molecule has 4 aromatic rings. The van der Waals surface area contributed by atoms with Crippen LogP contribution in [0.4, 0.5) is 11.8 Å². The van der Waals surface area contributed by atoms with Gasteiger partial charge in [0, 0.05) is 37.6 Å². The van der Waals surface area contributed by atoms with Crippen LogP contribution in [0.2, 0.25) is 0 Å². The number of nitrogen functional groups attached to an aromatic ring is 1. The minimum absolute atomic E-state index is 0.287. The van der Waals surface area contributed by atoms with Crippen LogP contribution < -0.4 is 11.1 Å². The van der Waals surface area contributed by atoms with E-state index in [-0.39, 0.29) is 5.95 Å². The molecule has 3 N–H and O–H groups in total. The van der Waals surface area contributed by atoms with E-state index in [1.165, 1.54) is 16.5 Å². The standard InChI is InChI=1S/C20H22N8O/c21-20-24-17(11-18-25-19(26-28(18)20)16-4-2-10-29-16)23-12-15-3-1-9-27(15)13-14-5-7-22-8-6-14/h2,4-8,10-11,15,23H,1,3,9,12-13H2,(H2,21,24)/t15-/m1/s1. The van der Waals surface area contributed by atoms with Crippen LogP contribution in [-0.4, -0.2) is 48.6 Å². The van der Waals surface area contributed by atoms with Gasteiger partial charge < -0.3 is 15.5 Å². The van der Waals surface area contributed by atoms with Crippen LogP contribution in [0, 0.1) is 0 Å². The van der Waals surface area contributed by atoms with E-state index >= 15 is 0 Å². The highest BCUT2D eigenvalue weighted by Crippen LogP contribution is 2.22. The average molecular weight is 390 g/mol. The third kappa shape index (κ3) is 3.64. The van der Waals surface area contributed by atoms with Crippen molar-refractivity contribution in [3.05, 3.63) is 54.6 Å². The molecule has 1 fully saturated rings. The van der Waals surface area contributed by atoms with E-state index in [0.29, 0.717) is 29.1 Å². The quantitative estimate of drug-likeness (QED) is 0.516. The van der Waals surface area contributed by atoms with Crippen molar-refractivity contribution in [3.8, 4) is 11.6 Å². The van der Waals surface area contributed by atoms with E-state index < -0.39 is 0 Å². The third-order valence-corrected chi connectivity index (χ3v) is 5.24. The molecule has 0 amide bonds. The van der Waals surface area contributed by atoms with Crippen molar-refractivity contribution in [2.45, 2.75) is 25.4 Å². The molecule has 0 aliphatic carbocycles. The number of hydrogen-bond donors (Lipinski definition) is 2. The molecule has 0 saturated carbocycles. The molecule has 4 aromatic heterocycles. The average Bonchev–Trinajstić information content (AvgIpc) is 3.48. The molecule has 1 saturated heterocycles. The maximum absolute atomic E-state index is 6.10. The number of anilines is 2. The Morgan fingerprint density at radius 3 is 2.93 bits per heavy atom. The van der Waals surface area contributed by atoms with Crippen LogP contribution >= 0.6 is 0 Å². The molecule has 1 aliphatic heterocycles. The van der Waals surface area contributed by atoms with E-state index in [0.717, 1.165) is 26.1 Å². The van der Waals surface area contributed by atoms with Crippen LogP contribution in [-0.2, 0) is 6.54 Å². The lowest BCUT2D eigenvalue weighted by Crippen LogP contribution is -2.34. The lowest BCUT2D eigenvalue weighted by Gasteiger charge is -2.25. The molecule has 0 unspecified atom stereocenters. The molecule has 0 aromatic carbocycles. The minimum atomic E-state index is 0.287. The first-order chi connectivity index (χ1) is 14.3. The molecule has 0 radical (unpaired) electrons. The lowest BCUT2D eigenvalue weighted by atomic mass is 10.2. The highest BCUT2D eigenvalue weighted by Gasteiger charge is 2.24. The van der Waals surface area contributed by atoms with Gasteiger partial charge in [0.05, 0.1) is 6.26 Å². The predicted molar refractivity (Wildman–Crippen MR) is 109 cm³/mol. The van der Waals surface area contributed by atoms with Gasteiger partial charge in [0.25, 0.3) is 0 Å². The fraction of sp³-hybridized carbons (Fsp3) is 0.300. The fourth-order valence-electron chi connectivity index (χ4n) is 3.79. The summed E-state index contributed by atoms with van der Waals surface area (Å²) in [7, 11) is 0. The van der Waals surface area contributed by atoms with E-state index in [4.69, 9.17) is 10.2 Å². The van der Waals surface area contributed by atoms with Crippen molar-refractivity contribution in [1.29, 1.82) is 0 Å². The molecule has 29 heavy (non-hydrogen) atoms. The second-order valence-electron chi connectivity index (χ2n) is 7.19. The molecule has 1 atom stereocenters. The second-order valence-corrected chi connectivity index (χ2v) is 7.19. The minimum Gasteiger partial charge on any atom is -0.461 e. The highest BCUT2D eigenvalue weighted by molar-refractivity contribution is 5.58. The first-order valence-corrected chi connectivity index (χ1v) is 9.70. The number of furan rings is 1. The maximum Gasteiger partial charge on any atom is 0.225 e. The Morgan fingerprint density at radius 2 is 2.10 bits per heavy atom. The number of fused-ring (bicyclic) bond motifs is 1. The van der Waals surface area contributed by atoms with E-state index in [2.05, 4.69) is 42.4 Å². The number of nitrogens with zero attached hydrogens (tertiary/aromatic N) is 6. The van der Waals surface area contributed by atoms with Crippen LogP contribution in [0.3, 0.4) is 0 Å². The predicted octanol–water partition coefficient (Wildman–Crippen LogP) is 2.44. The summed E-state index contributed by atoms with van der Waals surface area (Å²) < 4.78 is 6.89. The van der Waals surface area contributed by atoms with E-state index in [9.17, 15) is 0 Å². The van der Waals surface area contributed by atoms with Gasteiger partial charge in [0.2, 0.25) is 11.8 Å². The van der Waals surface area contributed by atoms with Gasteiger partial charge in [-0.2, -0.15) is 9.50 Å². The summed E-state index contributed by atoms with van der Waals surface area (Å²) in [5, 5.41) is 7.81. The van der Waals surface area contributed by atoms with Gasteiger partial charge in [-0.05, 0) is 49.2 Å². The molecule has 9 heteroatoms. The SMILES string of the molecule is Nc1nc(NC[C@H]2CCCN2Cc2ccncc2)cc2nc(-c3ccco3)nn12. The summed E-state index contributed by atoms with van der Waals surface area (Å²) in [6.07, 6.45) is 7.63. The summed E-state index contributed by atoms with van der Waals surface area (Å²) in [6, 6.07) is 10.1. The van der Waals surface area contributed by atoms with Crippen LogP contribution in [0.1, 0.15) is 18.4 Å². The van der Waals surface area contributed by atoms with Crippen molar-refractivity contribution in [1.82, 2.24) is 29.5 Å². The Labute approximate surface area is 167 Å². The zero-order valence-electron chi connectivity index (χ0n) is 15.9. The Hall–Kier alpha value is -3.46. The number of rotatable bonds is 6. The Kier molecular flexibility index (Phi) is 4.57. The van der Waals surface area contributed by atoms with Crippen molar-refractivity contribution in [2.24, 2.45) is 0 Å². The number of nitrogens with one attached hydrogen (secondary N) is 1. The number of aromatic nitrogens is 5. The largest absolute Gasteiger partial charge is 0.461 e. The Balaban J connectivity index is 1.30. The van der Waals surface area contributed by atoms with Crippen molar-refractivity contribution < 1.29 is 4.42 Å². The number of likely N-dealkylation sites (tertiary alicyclic amines) is 1. The Bertz CT molecular complexity index is 1090. The molecule has 9 nitrogen and oxygen atoms in total. The Morgan fingerprint density at radius 1 is 1.21 bits per heavy atom. The monoisotopic (exact) mass is 390 g/mol. The first-order valence-electron chi connectivity index (χ1n) is 9.70. The zero-order chi connectivity index (χ0) is 19.6. The van der Waals surface area contributed by atoms with Crippen molar-refractivity contribution >= 4 is 17.4 Å². The van der Waals surface area contributed by atoms with E-state index in [1.807, 2.05) is 24.5 Å². The van der Waals surface area contributed by atoms with Gasteiger partial charge in [-0.15, -0.1) is 5.10 Å². The molecule has 0 spiro atoms. The topological polar surface area (TPSA) is 110 Å². The van der Waals surface area contributed by atoms with Crippen LogP contribution in [0.25, 0.3) is 17.2 Å².